The lowest BCUT2D eigenvalue weighted by Gasteiger charge is -2.16. The summed E-state index contributed by atoms with van der Waals surface area (Å²) in [6.07, 6.45) is 0.954. The average molecular weight is 192 g/mol. The van der Waals surface area contributed by atoms with Gasteiger partial charge in [0.2, 0.25) is 0 Å². The molecule has 0 amide bonds. The lowest BCUT2D eigenvalue weighted by molar-refractivity contribution is 0.112. The predicted molar refractivity (Wildman–Crippen MR) is 58.9 cm³/mol. The molecule has 0 aromatic heterocycles. The van der Waals surface area contributed by atoms with Gasteiger partial charge < -0.3 is 0 Å². The van der Waals surface area contributed by atoms with Crippen molar-refractivity contribution < 1.29 is 4.79 Å². The molecule has 0 bridgehead atoms. The smallest absolute Gasteiger partial charge is 0.150 e. The van der Waals surface area contributed by atoms with Gasteiger partial charge in [0.15, 0.2) is 0 Å². The third-order valence-electron chi connectivity index (χ3n) is 1.90. The summed E-state index contributed by atoms with van der Waals surface area (Å²) in [5.41, 5.74) is 2.06. The van der Waals surface area contributed by atoms with Crippen LogP contribution in [-0.4, -0.2) is 14.4 Å². The van der Waals surface area contributed by atoms with Gasteiger partial charge in [0, 0.05) is 13.6 Å². The number of benzene rings is 1. The van der Waals surface area contributed by atoms with E-state index in [1.165, 1.54) is 5.56 Å². The molecule has 0 aliphatic rings. The maximum atomic E-state index is 10.7. The zero-order valence-electron chi connectivity index (χ0n) is 8.50. The Kier molecular flexibility index (Phi) is 3.04. The van der Waals surface area contributed by atoms with Gasteiger partial charge in [-0.1, -0.05) is 43.9 Å². The van der Waals surface area contributed by atoms with E-state index in [-0.39, 0.29) is 0 Å². The van der Waals surface area contributed by atoms with Crippen LogP contribution < -0.4 is 0 Å². The molecule has 13 heavy (non-hydrogen) atoms. The molecule has 0 saturated carbocycles. The van der Waals surface area contributed by atoms with Crippen molar-refractivity contribution in [1.29, 1.82) is 0 Å². The van der Waals surface area contributed by atoms with Crippen LogP contribution >= 0.6 is 0 Å². The SMILES string of the molecule is C[Si](C)(C)Cc1ccccc1C=O. The standard InChI is InChI=1S/C11H16OSi/c1-13(2,3)9-11-7-5-4-6-10(11)8-12/h4-8H,9H2,1-3H3. The van der Waals surface area contributed by atoms with Crippen LogP contribution in [0.3, 0.4) is 0 Å². The highest BCUT2D eigenvalue weighted by Gasteiger charge is 2.15. The summed E-state index contributed by atoms with van der Waals surface area (Å²) in [6.45, 7) is 6.94. The molecular weight excluding hydrogens is 176 g/mol. The number of aldehydes is 1. The van der Waals surface area contributed by atoms with E-state index in [1.54, 1.807) is 0 Å². The van der Waals surface area contributed by atoms with E-state index in [1.807, 2.05) is 18.2 Å². The fourth-order valence-corrected chi connectivity index (χ4v) is 2.85. The first-order valence-electron chi connectivity index (χ1n) is 4.56. The summed E-state index contributed by atoms with van der Waals surface area (Å²) in [7, 11) is -1.10. The van der Waals surface area contributed by atoms with Crippen LogP contribution in [0.1, 0.15) is 15.9 Å². The number of hydrogen-bond donors (Lipinski definition) is 0. The topological polar surface area (TPSA) is 17.1 Å². The molecule has 0 heterocycles. The Morgan fingerprint density at radius 3 is 2.38 bits per heavy atom. The Bertz CT molecular complexity index is 299. The third-order valence-corrected chi connectivity index (χ3v) is 3.34. The van der Waals surface area contributed by atoms with Crippen molar-refractivity contribution in [3.8, 4) is 0 Å². The van der Waals surface area contributed by atoms with E-state index in [0.717, 1.165) is 17.9 Å². The molecular formula is C11H16OSi. The van der Waals surface area contributed by atoms with Crippen molar-refractivity contribution in [2.24, 2.45) is 0 Å². The van der Waals surface area contributed by atoms with Crippen molar-refractivity contribution in [2.45, 2.75) is 25.7 Å². The second-order valence-corrected chi connectivity index (χ2v) is 10.0. The van der Waals surface area contributed by atoms with Crippen molar-refractivity contribution in [2.75, 3.05) is 0 Å². The van der Waals surface area contributed by atoms with E-state index in [4.69, 9.17) is 0 Å². The molecule has 2 heteroatoms. The van der Waals surface area contributed by atoms with Gasteiger partial charge in [-0.15, -0.1) is 0 Å². The lowest BCUT2D eigenvalue weighted by Crippen LogP contribution is -2.24. The highest BCUT2D eigenvalue weighted by molar-refractivity contribution is 6.75. The van der Waals surface area contributed by atoms with Gasteiger partial charge in [0.1, 0.15) is 6.29 Å². The van der Waals surface area contributed by atoms with Gasteiger partial charge in [0.05, 0.1) is 0 Å². The van der Waals surface area contributed by atoms with Crippen molar-refractivity contribution in [3.05, 3.63) is 35.4 Å². The van der Waals surface area contributed by atoms with Gasteiger partial charge in [-0.25, -0.2) is 0 Å². The molecule has 1 aromatic rings. The third kappa shape index (κ3) is 3.15. The van der Waals surface area contributed by atoms with Gasteiger partial charge in [-0.05, 0) is 11.6 Å². The lowest BCUT2D eigenvalue weighted by atomic mass is 10.1. The molecule has 1 nitrogen and oxygen atoms in total. The van der Waals surface area contributed by atoms with E-state index in [9.17, 15) is 4.79 Å². The van der Waals surface area contributed by atoms with Gasteiger partial charge in [0.25, 0.3) is 0 Å². The van der Waals surface area contributed by atoms with Crippen molar-refractivity contribution >= 4 is 14.4 Å². The normalized spacial score (nSPS) is 11.3. The average Bonchev–Trinajstić information content (AvgIpc) is 2.02. The highest BCUT2D eigenvalue weighted by atomic mass is 28.3. The van der Waals surface area contributed by atoms with Gasteiger partial charge in [-0.3, -0.25) is 4.79 Å². The second-order valence-electron chi connectivity index (χ2n) is 4.55. The quantitative estimate of drug-likeness (QED) is 0.531. The summed E-state index contributed by atoms with van der Waals surface area (Å²) in [4.78, 5) is 10.7. The molecule has 1 aromatic carbocycles. The minimum atomic E-state index is -1.10. The molecule has 70 valence electrons. The molecule has 0 fully saturated rings. The Labute approximate surface area is 80.8 Å². The maximum absolute atomic E-state index is 10.7. The first-order valence-corrected chi connectivity index (χ1v) is 8.27. The predicted octanol–water partition coefficient (Wildman–Crippen LogP) is 2.92. The van der Waals surface area contributed by atoms with Crippen LogP contribution in [0.15, 0.2) is 24.3 Å². The van der Waals surface area contributed by atoms with Crippen LogP contribution in [0.25, 0.3) is 0 Å². The Morgan fingerprint density at radius 2 is 1.85 bits per heavy atom. The van der Waals surface area contributed by atoms with Gasteiger partial charge in [-0.2, -0.15) is 0 Å². The Morgan fingerprint density at radius 1 is 1.23 bits per heavy atom. The summed E-state index contributed by atoms with van der Waals surface area (Å²) in [5.74, 6) is 0. The van der Waals surface area contributed by atoms with Crippen LogP contribution in [0, 0.1) is 0 Å². The summed E-state index contributed by atoms with van der Waals surface area (Å²) >= 11 is 0. The monoisotopic (exact) mass is 192 g/mol. The summed E-state index contributed by atoms with van der Waals surface area (Å²) in [6, 6.07) is 8.95. The minimum Gasteiger partial charge on any atom is -0.298 e. The van der Waals surface area contributed by atoms with Crippen LogP contribution in [0.4, 0.5) is 0 Å². The van der Waals surface area contributed by atoms with Crippen LogP contribution in [0.2, 0.25) is 19.6 Å². The minimum absolute atomic E-state index is 0.852. The van der Waals surface area contributed by atoms with Crippen molar-refractivity contribution in [1.82, 2.24) is 0 Å². The molecule has 0 atom stereocenters. The molecule has 0 aliphatic heterocycles. The fourth-order valence-electron chi connectivity index (χ4n) is 1.38. The highest BCUT2D eigenvalue weighted by Crippen LogP contribution is 2.14. The van der Waals surface area contributed by atoms with E-state index >= 15 is 0 Å². The van der Waals surface area contributed by atoms with Crippen LogP contribution in [0.5, 0.6) is 0 Å². The summed E-state index contributed by atoms with van der Waals surface area (Å²) in [5, 5.41) is 0. The maximum Gasteiger partial charge on any atom is 0.150 e. The van der Waals surface area contributed by atoms with Crippen molar-refractivity contribution in [3.63, 3.8) is 0 Å². The molecule has 0 aliphatic carbocycles. The first kappa shape index (κ1) is 10.2. The van der Waals surface area contributed by atoms with Crippen LogP contribution in [-0.2, 0) is 6.04 Å². The summed E-state index contributed by atoms with van der Waals surface area (Å²) < 4.78 is 0. The largest absolute Gasteiger partial charge is 0.298 e. The number of carbonyl (C=O) groups excluding carboxylic acids is 1. The number of carbonyl (C=O) groups is 1. The molecule has 0 N–H and O–H groups in total. The Hall–Kier alpha value is -0.893. The zero-order chi connectivity index (χ0) is 9.90. The molecule has 0 saturated heterocycles. The fraction of sp³-hybridized carbons (Fsp3) is 0.364. The molecule has 1 rings (SSSR count). The first-order chi connectivity index (χ1) is 6.03. The number of hydrogen-bond acceptors (Lipinski definition) is 1. The molecule has 0 spiro atoms. The second kappa shape index (κ2) is 3.88. The zero-order valence-corrected chi connectivity index (χ0v) is 9.50. The van der Waals surface area contributed by atoms with Gasteiger partial charge >= 0.3 is 0 Å². The number of rotatable bonds is 3. The van der Waals surface area contributed by atoms with E-state index in [2.05, 4.69) is 25.7 Å². The molecule has 0 radical (unpaired) electrons. The molecule has 0 unspecified atom stereocenters. The Balaban J connectivity index is 2.94. The van der Waals surface area contributed by atoms with E-state index < -0.39 is 8.07 Å². The van der Waals surface area contributed by atoms with E-state index in [0.29, 0.717) is 0 Å².